The number of hydrogen-bond donors (Lipinski definition) is 0. The molecule has 0 spiro atoms. The molecular weight excluding hydrogens is 395 g/mol. The standard InChI is InChI=1S/C25H27FN2O3/c1-3-5-6-7-14-21(27-31-24(29)4-2)25(30)19-17-28(22-15-10-8-12-18(19)22)23-16-11-9-13-20(23)26/h8-13,15-17H,3-7,14H2,1-2H3/b27-21+. The molecule has 2 aromatic carbocycles. The molecule has 1 aromatic heterocycles. The molecule has 0 N–H and O–H groups in total. The average molecular weight is 423 g/mol. The highest BCUT2D eigenvalue weighted by Crippen LogP contribution is 2.27. The Morgan fingerprint density at radius 2 is 1.74 bits per heavy atom. The Labute approximate surface area is 181 Å². The van der Waals surface area contributed by atoms with E-state index in [1.807, 2.05) is 24.3 Å². The largest absolute Gasteiger partial charge is 0.334 e. The Kier molecular flexibility index (Phi) is 7.70. The number of unbranched alkanes of at least 4 members (excludes halogenated alkanes) is 3. The van der Waals surface area contributed by atoms with Gasteiger partial charge < -0.3 is 9.40 Å². The maximum Gasteiger partial charge on any atom is 0.334 e. The predicted octanol–water partition coefficient (Wildman–Crippen LogP) is 6.23. The third kappa shape index (κ3) is 5.26. The summed E-state index contributed by atoms with van der Waals surface area (Å²) >= 11 is 0. The fourth-order valence-electron chi connectivity index (χ4n) is 3.45. The van der Waals surface area contributed by atoms with E-state index < -0.39 is 5.97 Å². The van der Waals surface area contributed by atoms with Gasteiger partial charge in [-0.25, -0.2) is 9.18 Å². The number of carbonyl (C=O) groups is 2. The van der Waals surface area contributed by atoms with Crippen molar-refractivity contribution in [3.8, 4) is 5.69 Å². The molecule has 6 heteroatoms. The number of ketones is 1. The first-order valence-electron chi connectivity index (χ1n) is 10.7. The van der Waals surface area contributed by atoms with Crippen LogP contribution in [0.25, 0.3) is 16.6 Å². The summed E-state index contributed by atoms with van der Waals surface area (Å²) in [4.78, 5) is 30.0. The van der Waals surface area contributed by atoms with Gasteiger partial charge in [0.25, 0.3) is 0 Å². The second-order valence-corrected chi connectivity index (χ2v) is 7.38. The number of oxime groups is 1. The van der Waals surface area contributed by atoms with E-state index in [0.29, 0.717) is 28.6 Å². The number of hydrogen-bond acceptors (Lipinski definition) is 4. The number of para-hydroxylation sites is 2. The van der Waals surface area contributed by atoms with E-state index in [-0.39, 0.29) is 23.7 Å². The summed E-state index contributed by atoms with van der Waals surface area (Å²) in [6.45, 7) is 3.78. The first-order chi connectivity index (χ1) is 15.1. The molecule has 0 aliphatic rings. The van der Waals surface area contributed by atoms with Crippen molar-refractivity contribution in [3.05, 3.63) is 66.1 Å². The number of rotatable bonds is 10. The molecule has 0 atom stereocenters. The number of nitrogens with zero attached hydrogens (tertiary/aromatic N) is 2. The van der Waals surface area contributed by atoms with Crippen molar-refractivity contribution in [1.29, 1.82) is 0 Å². The minimum absolute atomic E-state index is 0.174. The molecule has 0 aliphatic heterocycles. The number of Topliss-reactive ketones (excluding diaryl/α,β-unsaturated/α-hetero) is 1. The van der Waals surface area contributed by atoms with Gasteiger partial charge in [0.1, 0.15) is 11.5 Å². The molecule has 1 heterocycles. The molecule has 0 bridgehead atoms. The van der Waals surface area contributed by atoms with Crippen molar-refractivity contribution in [2.75, 3.05) is 0 Å². The molecule has 0 aliphatic carbocycles. The summed E-state index contributed by atoms with van der Waals surface area (Å²) in [5.74, 6) is -1.19. The fourth-order valence-corrected chi connectivity index (χ4v) is 3.45. The van der Waals surface area contributed by atoms with Gasteiger partial charge in [0, 0.05) is 23.6 Å². The van der Waals surface area contributed by atoms with Gasteiger partial charge in [-0.2, -0.15) is 0 Å². The highest BCUT2D eigenvalue weighted by atomic mass is 19.1. The SMILES string of the molecule is CCCCCC/C(=N\OC(=O)CC)C(=O)c1cn(-c2ccccc2F)c2ccccc12. The molecule has 0 radical (unpaired) electrons. The van der Waals surface area contributed by atoms with E-state index in [9.17, 15) is 14.0 Å². The number of aromatic nitrogens is 1. The zero-order valence-electron chi connectivity index (χ0n) is 17.9. The van der Waals surface area contributed by atoms with Crippen LogP contribution in [0.15, 0.2) is 59.9 Å². The highest BCUT2D eigenvalue weighted by Gasteiger charge is 2.22. The quantitative estimate of drug-likeness (QED) is 0.128. The molecule has 3 aromatic rings. The van der Waals surface area contributed by atoms with E-state index in [4.69, 9.17) is 4.84 Å². The van der Waals surface area contributed by atoms with Gasteiger partial charge in [-0.3, -0.25) is 4.79 Å². The van der Waals surface area contributed by atoms with Crippen LogP contribution in [0.4, 0.5) is 4.39 Å². The normalized spacial score (nSPS) is 11.6. The third-order valence-electron chi connectivity index (χ3n) is 5.14. The van der Waals surface area contributed by atoms with Gasteiger partial charge in [-0.05, 0) is 31.0 Å². The van der Waals surface area contributed by atoms with Crippen LogP contribution in [0, 0.1) is 5.82 Å². The Hall–Kier alpha value is -3.28. The van der Waals surface area contributed by atoms with E-state index in [0.717, 1.165) is 25.7 Å². The van der Waals surface area contributed by atoms with Crippen molar-refractivity contribution in [2.24, 2.45) is 5.16 Å². The Bertz CT molecular complexity index is 1100. The second-order valence-electron chi connectivity index (χ2n) is 7.38. The average Bonchev–Trinajstić information content (AvgIpc) is 3.17. The highest BCUT2D eigenvalue weighted by molar-refractivity contribution is 6.47. The maximum atomic E-state index is 14.5. The molecule has 0 fully saturated rings. The van der Waals surface area contributed by atoms with E-state index in [1.54, 1.807) is 35.9 Å². The van der Waals surface area contributed by atoms with Gasteiger partial charge >= 0.3 is 5.97 Å². The topological polar surface area (TPSA) is 60.7 Å². The Morgan fingerprint density at radius 1 is 1.00 bits per heavy atom. The van der Waals surface area contributed by atoms with E-state index >= 15 is 0 Å². The minimum atomic E-state index is -0.493. The van der Waals surface area contributed by atoms with Crippen molar-refractivity contribution in [2.45, 2.75) is 52.4 Å². The lowest BCUT2D eigenvalue weighted by Crippen LogP contribution is -2.16. The van der Waals surface area contributed by atoms with Crippen molar-refractivity contribution in [1.82, 2.24) is 4.57 Å². The van der Waals surface area contributed by atoms with Crippen molar-refractivity contribution < 1.29 is 18.8 Å². The molecule has 5 nitrogen and oxygen atoms in total. The van der Waals surface area contributed by atoms with Crippen LogP contribution in [-0.4, -0.2) is 22.0 Å². The zero-order chi connectivity index (χ0) is 22.2. The molecule has 31 heavy (non-hydrogen) atoms. The fraction of sp³-hybridized carbons (Fsp3) is 0.320. The van der Waals surface area contributed by atoms with Crippen LogP contribution in [0.5, 0.6) is 0 Å². The third-order valence-corrected chi connectivity index (χ3v) is 5.14. The van der Waals surface area contributed by atoms with Crippen molar-refractivity contribution in [3.63, 3.8) is 0 Å². The van der Waals surface area contributed by atoms with Crippen LogP contribution in [-0.2, 0) is 9.63 Å². The molecule has 0 saturated heterocycles. The minimum Gasteiger partial charge on any atom is -0.318 e. The molecular formula is C25H27FN2O3. The number of benzene rings is 2. The lowest BCUT2D eigenvalue weighted by atomic mass is 10.0. The molecule has 0 amide bonds. The summed E-state index contributed by atoms with van der Waals surface area (Å²) in [6, 6.07) is 13.8. The molecule has 162 valence electrons. The van der Waals surface area contributed by atoms with Crippen LogP contribution in [0.1, 0.15) is 62.7 Å². The predicted molar refractivity (Wildman–Crippen MR) is 120 cm³/mol. The summed E-state index contributed by atoms with van der Waals surface area (Å²) in [6.07, 6.45) is 6.08. The first kappa shape index (κ1) is 22.4. The summed E-state index contributed by atoms with van der Waals surface area (Å²) < 4.78 is 16.1. The molecule has 0 saturated carbocycles. The van der Waals surface area contributed by atoms with Gasteiger partial charge in [-0.15, -0.1) is 0 Å². The summed E-state index contributed by atoms with van der Waals surface area (Å²) in [5.41, 5.74) is 1.68. The van der Waals surface area contributed by atoms with Gasteiger partial charge in [-0.1, -0.05) is 68.6 Å². The smallest absolute Gasteiger partial charge is 0.318 e. The number of halogens is 1. The molecule has 0 unspecified atom stereocenters. The van der Waals surface area contributed by atoms with Crippen LogP contribution < -0.4 is 0 Å². The van der Waals surface area contributed by atoms with E-state index in [2.05, 4.69) is 12.1 Å². The summed E-state index contributed by atoms with van der Waals surface area (Å²) in [5, 5.41) is 4.60. The Morgan fingerprint density at radius 3 is 2.48 bits per heavy atom. The van der Waals surface area contributed by atoms with Crippen LogP contribution in [0.2, 0.25) is 0 Å². The van der Waals surface area contributed by atoms with Crippen LogP contribution in [0.3, 0.4) is 0 Å². The van der Waals surface area contributed by atoms with Crippen LogP contribution >= 0.6 is 0 Å². The maximum absolute atomic E-state index is 14.5. The van der Waals surface area contributed by atoms with Gasteiger partial charge in [0.15, 0.2) is 0 Å². The van der Waals surface area contributed by atoms with E-state index in [1.165, 1.54) is 6.07 Å². The first-order valence-corrected chi connectivity index (χ1v) is 10.7. The van der Waals surface area contributed by atoms with Gasteiger partial charge in [0.2, 0.25) is 5.78 Å². The van der Waals surface area contributed by atoms with Gasteiger partial charge in [0.05, 0.1) is 11.2 Å². The second kappa shape index (κ2) is 10.7. The summed E-state index contributed by atoms with van der Waals surface area (Å²) in [7, 11) is 0. The van der Waals surface area contributed by atoms with Crippen molar-refractivity contribution >= 4 is 28.4 Å². The number of carbonyl (C=O) groups excluding carboxylic acids is 2. The number of fused-ring (bicyclic) bond motifs is 1. The monoisotopic (exact) mass is 422 g/mol. The lowest BCUT2D eigenvalue weighted by molar-refractivity contribution is -0.143. The molecule has 3 rings (SSSR count). The zero-order valence-corrected chi connectivity index (χ0v) is 17.9. The lowest BCUT2D eigenvalue weighted by Gasteiger charge is -2.06. The Balaban J connectivity index is 2.02.